The molecule has 0 amide bonds. The molecule has 0 heterocycles. The van der Waals surface area contributed by atoms with Gasteiger partial charge in [-0.25, -0.2) is 8.42 Å². The highest BCUT2D eigenvalue weighted by Crippen LogP contribution is 2.12. The van der Waals surface area contributed by atoms with Crippen molar-refractivity contribution < 1.29 is 13.5 Å². The van der Waals surface area contributed by atoms with Crippen LogP contribution in [-0.2, 0) is 10.0 Å². The van der Waals surface area contributed by atoms with Crippen molar-refractivity contribution in [2.24, 2.45) is 0 Å². The Balaban J connectivity index is 2.59. The van der Waals surface area contributed by atoms with E-state index in [2.05, 4.69) is 4.72 Å². The summed E-state index contributed by atoms with van der Waals surface area (Å²) in [4.78, 5) is 0. The summed E-state index contributed by atoms with van der Waals surface area (Å²) in [6, 6.07) is 7.21. The molecule has 4 nitrogen and oxygen atoms in total. The average Bonchev–Trinajstić information content (AvgIpc) is 2.17. The normalized spacial score (nSPS) is 11.4. The number of sulfonamides is 1. The fourth-order valence-corrected chi connectivity index (χ4v) is 2.52. The molecule has 0 radical (unpaired) electrons. The summed E-state index contributed by atoms with van der Waals surface area (Å²) in [6.07, 6.45) is 0.979. The van der Waals surface area contributed by atoms with Crippen molar-refractivity contribution in [2.45, 2.75) is 19.8 Å². The van der Waals surface area contributed by atoms with Gasteiger partial charge in [-0.05, 0) is 37.5 Å². The predicted octanol–water partition coefficient (Wildman–Crippen LogP) is 1.51. The molecular formula is C11H17NO3S. The van der Waals surface area contributed by atoms with Gasteiger partial charge in [0.25, 0.3) is 0 Å². The summed E-state index contributed by atoms with van der Waals surface area (Å²) in [5, 5.41) is 8.57. The minimum atomic E-state index is -3.28. The van der Waals surface area contributed by atoms with Crippen molar-refractivity contribution in [3.63, 3.8) is 0 Å². The molecule has 5 heteroatoms. The summed E-state index contributed by atoms with van der Waals surface area (Å²) in [5.74, 6) is 0.0432. The molecule has 0 aromatic heterocycles. The third-order valence-corrected chi connectivity index (χ3v) is 3.49. The number of hydrogen-bond acceptors (Lipinski definition) is 3. The largest absolute Gasteiger partial charge is 0.396 e. The Labute approximate surface area is 96.4 Å². The molecule has 1 aromatic carbocycles. The number of aliphatic hydroxyl groups is 1. The lowest BCUT2D eigenvalue weighted by molar-refractivity contribution is 0.287. The second-order valence-electron chi connectivity index (χ2n) is 3.72. The van der Waals surface area contributed by atoms with E-state index in [-0.39, 0.29) is 12.4 Å². The Bertz CT molecular complexity index is 429. The van der Waals surface area contributed by atoms with E-state index in [9.17, 15) is 8.42 Å². The molecule has 90 valence electrons. The monoisotopic (exact) mass is 243 g/mol. The van der Waals surface area contributed by atoms with Gasteiger partial charge in [-0.15, -0.1) is 0 Å². The molecule has 16 heavy (non-hydrogen) atoms. The van der Waals surface area contributed by atoms with Crippen molar-refractivity contribution >= 4 is 15.7 Å². The quantitative estimate of drug-likeness (QED) is 0.744. The zero-order valence-corrected chi connectivity index (χ0v) is 10.1. The first-order chi connectivity index (χ1) is 7.53. The van der Waals surface area contributed by atoms with E-state index in [1.165, 1.54) is 0 Å². The molecule has 1 rings (SSSR count). The van der Waals surface area contributed by atoms with Crippen molar-refractivity contribution in [1.82, 2.24) is 0 Å². The van der Waals surface area contributed by atoms with Crippen LogP contribution in [0.2, 0.25) is 0 Å². The standard InChI is InChI=1S/C11H17NO3S/c1-10-5-4-6-11(9-10)12-16(14,15)8-3-2-7-13/h4-6,9,12-13H,2-3,7-8H2,1H3. The van der Waals surface area contributed by atoms with Gasteiger partial charge in [0.2, 0.25) is 10.0 Å². The van der Waals surface area contributed by atoms with Crippen LogP contribution in [0.25, 0.3) is 0 Å². The van der Waals surface area contributed by atoms with E-state index >= 15 is 0 Å². The van der Waals surface area contributed by atoms with Gasteiger partial charge in [-0.1, -0.05) is 12.1 Å². The van der Waals surface area contributed by atoms with Gasteiger partial charge in [-0.2, -0.15) is 0 Å². The summed E-state index contributed by atoms with van der Waals surface area (Å²) in [5.41, 5.74) is 1.60. The summed E-state index contributed by atoms with van der Waals surface area (Å²) >= 11 is 0. The topological polar surface area (TPSA) is 66.4 Å². The van der Waals surface area contributed by atoms with Crippen LogP contribution in [-0.4, -0.2) is 25.9 Å². The second-order valence-corrected chi connectivity index (χ2v) is 5.56. The lowest BCUT2D eigenvalue weighted by atomic mass is 10.2. The first-order valence-electron chi connectivity index (χ1n) is 5.21. The van der Waals surface area contributed by atoms with Gasteiger partial charge in [0.05, 0.1) is 5.75 Å². The maximum atomic E-state index is 11.6. The number of nitrogens with one attached hydrogen (secondary N) is 1. The molecule has 2 N–H and O–H groups in total. The summed E-state index contributed by atoms with van der Waals surface area (Å²) in [6.45, 7) is 1.93. The number of hydrogen-bond donors (Lipinski definition) is 2. The number of aryl methyl sites for hydroxylation is 1. The summed E-state index contributed by atoms with van der Waals surface area (Å²) < 4.78 is 25.7. The van der Waals surface area contributed by atoms with E-state index < -0.39 is 10.0 Å². The molecule has 0 saturated heterocycles. The van der Waals surface area contributed by atoms with Gasteiger partial charge in [0, 0.05) is 12.3 Å². The molecule has 0 unspecified atom stereocenters. The summed E-state index contributed by atoms with van der Waals surface area (Å²) in [7, 11) is -3.28. The Morgan fingerprint density at radius 2 is 2.06 bits per heavy atom. The van der Waals surface area contributed by atoms with Crippen LogP contribution in [0.5, 0.6) is 0 Å². The van der Waals surface area contributed by atoms with Crippen molar-refractivity contribution in [1.29, 1.82) is 0 Å². The van der Waals surface area contributed by atoms with Crippen molar-refractivity contribution in [2.75, 3.05) is 17.1 Å². The van der Waals surface area contributed by atoms with Crippen LogP contribution in [0.4, 0.5) is 5.69 Å². The second kappa shape index (κ2) is 5.86. The number of benzene rings is 1. The van der Waals surface area contributed by atoms with E-state index in [0.717, 1.165) is 5.56 Å². The number of unbranched alkanes of at least 4 members (excludes halogenated alkanes) is 1. The van der Waals surface area contributed by atoms with Gasteiger partial charge in [0.15, 0.2) is 0 Å². The maximum absolute atomic E-state index is 11.6. The maximum Gasteiger partial charge on any atom is 0.232 e. The van der Waals surface area contributed by atoms with Crippen LogP contribution in [0.1, 0.15) is 18.4 Å². The van der Waals surface area contributed by atoms with Crippen LogP contribution in [0, 0.1) is 6.92 Å². The van der Waals surface area contributed by atoms with Crippen molar-refractivity contribution in [3.8, 4) is 0 Å². The lowest BCUT2D eigenvalue weighted by Gasteiger charge is -2.07. The highest BCUT2D eigenvalue weighted by Gasteiger charge is 2.09. The molecule has 0 aliphatic rings. The molecule has 1 aromatic rings. The Morgan fingerprint density at radius 1 is 1.31 bits per heavy atom. The molecule has 0 aliphatic carbocycles. The molecule has 0 atom stereocenters. The van der Waals surface area contributed by atoms with Gasteiger partial charge in [0.1, 0.15) is 0 Å². The zero-order chi connectivity index (χ0) is 12.0. The zero-order valence-electron chi connectivity index (χ0n) is 9.31. The smallest absolute Gasteiger partial charge is 0.232 e. The number of anilines is 1. The SMILES string of the molecule is Cc1cccc(NS(=O)(=O)CCCCO)c1. The minimum absolute atomic E-state index is 0.0277. The van der Waals surface area contributed by atoms with Crippen molar-refractivity contribution in [3.05, 3.63) is 29.8 Å². The fourth-order valence-electron chi connectivity index (χ4n) is 1.34. The Hall–Kier alpha value is -1.07. The Morgan fingerprint density at radius 3 is 2.69 bits per heavy atom. The van der Waals surface area contributed by atoms with Gasteiger partial charge >= 0.3 is 0 Å². The van der Waals surface area contributed by atoms with E-state index in [4.69, 9.17) is 5.11 Å². The third kappa shape index (κ3) is 4.63. The minimum Gasteiger partial charge on any atom is -0.396 e. The third-order valence-electron chi connectivity index (χ3n) is 2.11. The fraction of sp³-hybridized carbons (Fsp3) is 0.455. The van der Waals surface area contributed by atoms with Crippen LogP contribution in [0.3, 0.4) is 0 Å². The van der Waals surface area contributed by atoms with Crippen LogP contribution >= 0.6 is 0 Å². The van der Waals surface area contributed by atoms with Gasteiger partial charge in [-0.3, -0.25) is 4.72 Å². The molecule has 0 saturated carbocycles. The van der Waals surface area contributed by atoms with E-state index in [0.29, 0.717) is 18.5 Å². The average molecular weight is 243 g/mol. The first kappa shape index (κ1) is 13.0. The molecule has 0 spiro atoms. The predicted molar refractivity (Wildman–Crippen MR) is 64.9 cm³/mol. The van der Waals surface area contributed by atoms with Crippen LogP contribution < -0.4 is 4.72 Å². The lowest BCUT2D eigenvalue weighted by Crippen LogP contribution is -2.16. The number of rotatable bonds is 6. The Kier molecular flexibility index (Phi) is 4.76. The highest BCUT2D eigenvalue weighted by molar-refractivity contribution is 7.92. The molecular weight excluding hydrogens is 226 g/mol. The molecule has 0 aliphatic heterocycles. The molecule has 0 bridgehead atoms. The number of aliphatic hydroxyl groups excluding tert-OH is 1. The van der Waals surface area contributed by atoms with E-state index in [1.807, 2.05) is 13.0 Å². The van der Waals surface area contributed by atoms with Crippen LogP contribution in [0.15, 0.2) is 24.3 Å². The highest BCUT2D eigenvalue weighted by atomic mass is 32.2. The van der Waals surface area contributed by atoms with E-state index in [1.54, 1.807) is 18.2 Å². The molecule has 0 fully saturated rings. The van der Waals surface area contributed by atoms with Gasteiger partial charge < -0.3 is 5.11 Å². The first-order valence-corrected chi connectivity index (χ1v) is 6.87.